The SMILES string of the molecule is CC(C)(C)C(CNC(=O)O)c1ccc(B2OC(C)(C)C(C)(C)O2)cc1. The van der Waals surface area contributed by atoms with Crippen LogP contribution < -0.4 is 10.8 Å². The minimum absolute atomic E-state index is 0.0612. The molecule has 1 heterocycles. The lowest BCUT2D eigenvalue weighted by molar-refractivity contribution is 0.00578. The average molecular weight is 347 g/mol. The molecule has 2 N–H and O–H groups in total. The third-order valence-corrected chi connectivity index (χ3v) is 5.37. The second kappa shape index (κ2) is 6.65. The fourth-order valence-electron chi connectivity index (χ4n) is 2.98. The van der Waals surface area contributed by atoms with E-state index in [9.17, 15) is 4.79 Å². The van der Waals surface area contributed by atoms with E-state index in [2.05, 4.69) is 26.1 Å². The van der Waals surface area contributed by atoms with E-state index in [4.69, 9.17) is 14.4 Å². The number of nitrogens with one attached hydrogen (secondary N) is 1. The van der Waals surface area contributed by atoms with Crippen molar-refractivity contribution in [1.82, 2.24) is 5.32 Å². The highest BCUT2D eigenvalue weighted by atomic mass is 16.7. The summed E-state index contributed by atoms with van der Waals surface area (Å²) < 4.78 is 12.2. The van der Waals surface area contributed by atoms with Crippen molar-refractivity contribution in [2.75, 3.05) is 6.54 Å². The van der Waals surface area contributed by atoms with Crippen LogP contribution in [0.5, 0.6) is 0 Å². The molecule has 6 heteroatoms. The van der Waals surface area contributed by atoms with Gasteiger partial charge in [-0.05, 0) is 44.1 Å². The summed E-state index contributed by atoms with van der Waals surface area (Å²) in [5.41, 5.74) is 1.28. The molecule has 138 valence electrons. The van der Waals surface area contributed by atoms with Gasteiger partial charge in [0.15, 0.2) is 0 Å². The van der Waals surface area contributed by atoms with Gasteiger partial charge in [-0.3, -0.25) is 0 Å². The molecule has 1 amide bonds. The minimum Gasteiger partial charge on any atom is -0.465 e. The highest BCUT2D eigenvalue weighted by molar-refractivity contribution is 6.62. The van der Waals surface area contributed by atoms with E-state index in [-0.39, 0.29) is 29.7 Å². The summed E-state index contributed by atoms with van der Waals surface area (Å²) in [5, 5.41) is 11.4. The van der Waals surface area contributed by atoms with Crippen molar-refractivity contribution in [3.05, 3.63) is 29.8 Å². The van der Waals surface area contributed by atoms with Crippen LogP contribution in [-0.2, 0) is 9.31 Å². The molecule has 25 heavy (non-hydrogen) atoms. The first-order chi connectivity index (χ1) is 11.3. The van der Waals surface area contributed by atoms with Crippen molar-refractivity contribution in [2.24, 2.45) is 5.41 Å². The normalized spacial score (nSPS) is 20.4. The lowest BCUT2D eigenvalue weighted by Gasteiger charge is -2.32. The second-order valence-corrected chi connectivity index (χ2v) is 8.86. The fourth-order valence-corrected chi connectivity index (χ4v) is 2.98. The van der Waals surface area contributed by atoms with Crippen molar-refractivity contribution >= 4 is 18.7 Å². The number of carbonyl (C=O) groups is 1. The summed E-state index contributed by atoms with van der Waals surface area (Å²) in [6.45, 7) is 14.9. The number of hydrogen-bond donors (Lipinski definition) is 2. The molecule has 1 aliphatic heterocycles. The molecule has 1 saturated heterocycles. The number of carboxylic acid groups (broad SMARTS) is 1. The molecule has 1 unspecified atom stereocenters. The Labute approximate surface area is 151 Å². The largest absolute Gasteiger partial charge is 0.494 e. The topological polar surface area (TPSA) is 67.8 Å². The molecule has 1 aromatic rings. The molecule has 0 spiro atoms. The van der Waals surface area contributed by atoms with Crippen molar-refractivity contribution in [3.8, 4) is 0 Å². The van der Waals surface area contributed by atoms with Gasteiger partial charge < -0.3 is 19.7 Å². The highest BCUT2D eigenvalue weighted by Crippen LogP contribution is 2.37. The summed E-state index contributed by atoms with van der Waals surface area (Å²) in [4.78, 5) is 10.9. The van der Waals surface area contributed by atoms with Crippen molar-refractivity contribution in [1.29, 1.82) is 0 Å². The molecule has 0 radical (unpaired) electrons. The average Bonchev–Trinajstić information content (AvgIpc) is 2.66. The van der Waals surface area contributed by atoms with E-state index in [1.165, 1.54) is 0 Å². The molecule has 1 aromatic carbocycles. The van der Waals surface area contributed by atoms with Crippen LogP contribution in [0.15, 0.2) is 24.3 Å². The Balaban J connectivity index is 2.19. The smallest absolute Gasteiger partial charge is 0.465 e. The Kier molecular flexibility index (Phi) is 5.27. The van der Waals surface area contributed by atoms with Crippen molar-refractivity contribution < 1.29 is 19.2 Å². The molecule has 1 fully saturated rings. The minimum atomic E-state index is -0.997. The quantitative estimate of drug-likeness (QED) is 0.820. The third kappa shape index (κ3) is 4.36. The first kappa shape index (κ1) is 19.8. The lowest BCUT2D eigenvalue weighted by Crippen LogP contribution is -2.41. The van der Waals surface area contributed by atoms with Gasteiger partial charge >= 0.3 is 13.2 Å². The predicted molar refractivity (Wildman–Crippen MR) is 100 cm³/mol. The van der Waals surface area contributed by atoms with Crippen LogP contribution in [0.25, 0.3) is 0 Å². The summed E-state index contributed by atoms with van der Waals surface area (Å²) in [5.74, 6) is 0.0796. The standard InChI is InChI=1S/C19H30BNO4/c1-17(2,3)15(12-21-16(22)23)13-8-10-14(11-9-13)20-24-18(4,5)19(6,7)25-20/h8-11,15,21H,12H2,1-7H3,(H,22,23). The second-order valence-electron chi connectivity index (χ2n) is 8.86. The zero-order valence-corrected chi connectivity index (χ0v) is 16.3. The summed E-state index contributed by atoms with van der Waals surface area (Å²) in [6.07, 6.45) is -0.997. The molecule has 0 saturated carbocycles. The molecule has 1 atom stereocenters. The Hall–Kier alpha value is -1.53. The van der Waals surface area contributed by atoms with Crippen molar-refractivity contribution in [2.45, 2.75) is 65.6 Å². The van der Waals surface area contributed by atoms with Crippen LogP contribution >= 0.6 is 0 Å². The fraction of sp³-hybridized carbons (Fsp3) is 0.632. The van der Waals surface area contributed by atoms with E-state index in [0.717, 1.165) is 11.0 Å². The maximum atomic E-state index is 10.9. The van der Waals surface area contributed by atoms with E-state index in [1.54, 1.807) is 0 Å². The molecule has 0 aliphatic carbocycles. The lowest BCUT2D eigenvalue weighted by atomic mass is 9.74. The first-order valence-electron chi connectivity index (χ1n) is 8.76. The summed E-state index contributed by atoms with van der Waals surface area (Å²) in [7, 11) is -0.385. The molecule has 5 nitrogen and oxygen atoms in total. The van der Waals surface area contributed by atoms with Crippen molar-refractivity contribution in [3.63, 3.8) is 0 Å². The van der Waals surface area contributed by atoms with Gasteiger partial charge in [-0.1, -0.05) is 45.0 Å². The Morgan fingerprint density at radius 2 is 1.60 bits per heavy atom. The number of benzene rings is 1. The number of rotatable bonds is 4. The van der Waals surface area contributed by atoms with Gasteiger partial charge in [-0.2, -0.15) is 0 Å². The van der Waals surface area contributed by atoms with Crippen LogP contribution in [-0.4, -0.2) is 36.1 Å². The molecule has 2 rings (SSSR count). The predicted octanol–water partition coefficient (Wildman–Crippen LogP) is 3.38. The van der Waals surface area contributed by atoms with Crippen LogP contribution in [0.4, 0.5) is 4.79 Å². The zero-order chi connectivity index (χ0) is 19.0. The van der Waals surface area contributed by atoms with E-state index in [1.807, 2.05) is 52.0 Å². The zero-order valence-electron chi connectivity index (χ0n) is 16.3. The molecule has 0 bridgehead atoms. The van der Waals surface area contributed by atoms with E-state index in [0.29, 0.717) is 6.54 Å². The van der Waals surface area contributed by atoms with Gasteiger partial charge in [0.2, 0.25) is 0 Å². The van der Waals surface area contributed by atoms with Gasteiger partial charge in [-0.25, -0.2) is 4.79 Å². The van der Waals surface area contributed by atoms with Gasteiger partial charge in [0.1, 0.15) is 0 Å². The van der Waals surface area contributed by atoms with Gasteiger partial charge in [0.05, 0.1) is 11.2 Å². The monoisotopic (exact) mass is 347 g/mol. The summed E-state index contributed by atoms with van der Waals surface area (Å²) in [6, 6.07) is 8.10. The number of amides is 1. The Morgan fingerprint density at radius 3 is 2.00 bits per heavy atom. The highest BCUT2D eigenvalue weighted by Gasteiger charge is 2.51. The van der Waals surface area contributed by atoms with E-state index < -0.39 is 6.09 Å². The number of hydrogen-bond acceptors (Lipinski definition) is 3. The van der Waals surface area contributed by atoms with Crippen LogP contribution in [0.3, 0.4) is 0 Å². The molecular weight excluding hydrogens is 317 g/mol. The van der Waals surface area contributed by atoms with Crippen LogP contribution in [0.2, 0.25) is 0 Å². The van der Waals surface area contributed by atoms with Crippen LogP contribution in [0, 0.1) is 5.41 Å². The summed E-state index contributed by atoms with van der Waals surface area (Å²) >= 11 is 0. The van der Waals surface area contributed by atoms with Gasteiger partial charge in [0, 0.05) is 12.5 Å². The molecule has 1 aliphatic rings. The Bertz CT molecular complexity index is 603. The Morgan fingerprint density at radius 1 is 1.12 bits per heavy atom. The van der Waals surface area contributed by atoms with Gasteiger partial charge in [0.25, 0.3) is 0 Å². The van der Waals surface area contributed by atoms with E-state index >= 15 is 0 Å². The van der Waals surface area contributed by atoms with Crippen LogP contribution in [0.1, 0.15) is 59.9 Å². The molecule has 0 aromatic heterocycles. The maximum Gasteiger partial charge on any atom is 0.494 e. The molecular formula is C19H30BNO4. The first-order valence-corrected chi connectivity index (χ1v) is 8.76. The third-order valence-electron chi connectivity index (χ3n) is 5.37. The maximum absolute atomic E-state index is 10.9. The van der Waals surface area contributed by atoms with Gasteiger partial charge in [-0.15, -0.1) is 0 Å².